The van der Waals surface area contributed by atoms with Gasteiger partial charge in [0.25, 0.3) is 12.9 Å². The lowest BCUT2D eigenvalue weighted by Gasteiger charge is -2.19. The zero-order valence-electron chi connectivity index (χ0n) is 21.5. The van der Waals surface area contributed by atoms with Crippen LogP contribution >= 0.6 is 21.6 Å². The van der Waals surface area contributed by atoms with E-state index in [2.05, 4.69) is 20.1 Å². The highest BCUT2D eigenvalue weighted by Gasteiger charge is 2.25. The van der Waals surface area contributed by atoms with Crippen molar-refractivity contribution in [2.24, 2.45) is 17.4 Å². The second kappa shape index (κ2) is 21.6. The molecule has 0 unspecified atom stereocenters. The van der Waals surface area contributed by atoms with Crippen LogP contribution < -0.4 is 22.1 Å². The number of hydrogen-bond acceptors (Lipinski definition) is 14. The summed E-state index contributed by atoms with van der Waals surface area (Å²) in [7, 11) is 2.18. The van der Waals surface area contributed by atoms with Crippen LogP contribution in [0, 0.1) is 5.92 Å². The molecule has 0 rings (SSSR count). The van der Waals surface area contributed by atoms with E-state index >= 15 is 0 Å². The van der Waals surface area contributed by atoms with Crippen molar-refractivity contribution in [2.45, 2.75) is 56.8 Å². The van der Waals surface area contributed by atoms with Crippen molar-refractivity contribution >= 4 is 69.9 Å². The zero-order chi connectivity index (χ0) is 30.5. The Morgan fingerprint density at radius 3 is 2.17 bits per heavy atom. The van der Waals surface area contributed by atoms with Gasteiger partial charge in [-0.05, 0) is 6.42 Å². The van der Waals surface area contributed by atoms with Gasteiger partial charge >= 0.3 is 11.9 Å². The molecule has 2 amide bonds. The Morgan fingerprint density at radius 2 is 1.57 bits per heavy atom. The number of carbonyl (C=O) groups is 8. The van der Waals surface area contributed by atoms with E-state index in [1.165, 1.54) is 0 Å². The fourth-order valence-corrected chi connectivity index (χ4v) is 5.38. The number of Topliss-reactive ketones (excluding diaryl/α,β-unsaturated/α-hetero) is 2. The molecular weight excluding hydrogens is 576 g/mol. The summed E-state index contributed by atoms with van der Waals surface area (Å²) in [5.74, 6) is -5.59. The molecule has 18 heteroatoms. The van der Waals surface area contributed by atoms with Gasteiger partial charge in [-0.15, -0.1) is 0 Å². The third kappa shape index (κ3) is 18.1. The third-order valence-electron chi connectivity index (χ3n) is 5.04. The molecule has 8 N–H and O–H groups in total. The van der Waals surface area contributed by atoms with Gasteiger partial charge in [0.15, 0.2) is 12.0 Å². The molecule has 16 nitrogen and oxygen atoms in total. The highest BCUT2D eigenvalue weighted by Crippen LogP contribution is 2.27. The van der Waals surface area contributed by atoms with Crippen molar-refractivity contribution in [1.82, 2.24) is 10.6 Å². The molecule has 0 radical (unpaired) electrons. The van der Waals surface area contributed by atoms with E-state index in [1.54, 1.807) is 0 Å². The molecule has 40 heavy (non-hydrogen) atoms. The molecule has 0 aliphatic rings. The summed E-state index contributed by atoms with van der Waals surface area (Å²) < 4.78 is 9.02. The summed E-state index contributed by atoms with van der Waals surface area (Å²) in [6.07, 6.45) is -1.93. The van der Waals surface area contributed by atoms with Crippen molar-refractivity contribution in [3.63, 3.8) is 0 Å². The molecule has 0 saturated carbocycles. The van der Waals surface area contributed by atoms with Crippen molar-refractivity contribution < 1.29 is 58.0 Å². The Kier molecular flexibility index (Phi) is 19.8. The number of nitrogens with two attached hydrogens (primary N) is 2. The van der Waals surface area contributed by atoms with Crippen LogP contribution in [-0.4, -0.2) is 101 Å². The van der Waals surface area contributed by atoms with Crippen LogP contribution in [0.4, 0.5) is 0 Å². The first-order valence-corrected chi connectivity index (χ1v) is 14.4. The number of hydrogen-bond donors (Lipinski definition) is 6. The van der Waals surface area contributed by atoms with Gasteiger partial charge < -0.3 is 36.1 Å². The standard InChI is InChI=1S/C22H34N4O12S2/c23-15(22(35)36)2-4-19(31)26-16(17(30)5-6-37-11-27)10-40-39-9-13(21(34)25-8-20(32)33)7-14(29)1-3-18(24)38-12-28/h11-13,15-16,18H,1-10,23-24H2,(H,25,34)(H,26,31)(H,32,33)(H,35,36)/t13-,15-,16-,18+/m0/s1. The van der Waals surface area contributed by atoms with Crippen molar-refractivity contribution in [1.29, 1.82) is 0 Å². The SMILES string of the molecule is N[C@@H](CCC(=O)C[C@@H](CSSC[C@H](NC(=O)CC[C@H](N)C(=O)O)C(=O)CCOC=O)C(=O)NCC(=O)O)OC=O. The number of carbonyl (C=O) groups excluding carboxylic acids is 6. The lowest BCUT2D eigenvalue weighted by molar-refractivity contribution is -0.139. The van der Waals surface area contributed by atoms with Crippen LogP contribution in [0.15, 0.2) is 0 Å². The number of ether oxygens (including phenoxy) is 2. The Morgan fingerprint density at radius 1 is 0.900 bits per heavy atom. The number of carboxylic acids is 2. The first-order chi connectivity index (χ1) is 18.9. The Bertz CT molecular complexity index is 892. The maximum atomic E-state index is 12.5. The molecule has 0 aromatic heterocycles. The Hall–Kier alpha value is -3.22. The van der Waals surface area contributed by atoms with Gasteiger partial charge in [0.05, 0.1) is 18.6 Å². The molecule has 0 spiro atoms. The second-order valence-electron chi connectivity index (χ2n) is 8.22. The molecular formula is C22H34N4O12S2. The van der Waals surface area contributed by atoms with Crippen LogP contribution in [-0.2, 0) is 47.8 Å². The molecule has 0 fully saturated rings. The molecule has 0 saturated heterocycles. The quantitative estimate of drug-likeness (QED) is 0.0288. The smallest absolute Gasteiger partial charge is 0.322 e. The van der Waals surface area contributed by atoms with Crippen LogP contribution in [0.5, 0.6) is 0 Å². The summed E-state index contributed by atoms with van der Waals surface area (Å²) in [5, 5.41) is 22.4. The fourth-order valence-electron chi connectivity index (χ4n) is 2.87. The van der Waals surface area contributed by atoms with E-state index in [9.17, 15) is 38.4 Å². The Balaban J connectivity index is 5.13. The highest BCUT2D eigenvalue weighted by atomic mass is 33.1. The fraction of sp³-hybridized carbons (Fsp3) is 0.636. The summed E-state index contributed by atoms with van der Waals surface area (Å²) >= 11 is 0. The molecule has 0 bridgehead atoms. The largest absolute Gasteiger partial charge is 0.480 e. The number of nitrogens with one attached hydrogen (secondary N) is 2. The van der Waals surface area contributed by atoms with E-state index in [-0.39, 0.29) is 75.4 Å². The maximum Gasteiger partial charge on any atom is 0.322 e. The van der Waals surface area contributed by atoms with Crippen LogP contribution in [0.1, 0.15) is 38.5 Å². The first-order valence-electron chi connectivity index (χ1n) is 11.9. The number of aliphatic carboxylic acids is 2. The van der Waals surface area contributed by atoms with E-state index in [0.29, 0.717) is 0 Å². The summed E-state index contributed by atoms with van der Waals surface area (Å²) in [6.45, 7) is -0.563. The average Bonchev–Trinajstić information content (AvgIpc) is 2.90. The number of ketones is 2. The predicted molar refractivity (Wildman–Crippen MR) is 141 cm³/mol. The van der Waals surface area contributed by atoms with E-state index in [0.717, 1.165) is 21.6 Å². The van der Waals surface area contributed by atoms with Crippen molar-refractivity contribution in [2.75, 3.05) is 24.7 Å². The lowest BCUT2D eigenvalue weighted by Crippen LogP contribution is -2.43. The maximum absolute atomic E-state index is 12.5. The van der Waals surface area contributed by atoms with Gasteiger partial charge in [0.2, 0.25) is 11.8 Å². The highest BCUT2D eigenvalue weighted by molar-refractivity contribution is 8.76. The average molecular weight is 611 g/mol. The van der Waals surface area contributed by atoms with Gasteiger partial charge in [0, 0.05) is 43.6 Å². The Labute approximate surface area is 237 Å². The molecule has 0 heterocycles. The lowest BCUT2D eigenvalue weighted by atomic mass is 10.0. The molecule has 0 aliphatic heterocycles. The number of rotatable bonds is 25. The molecule has 0 aromatic rings. The first kappa shape index (κ1) is 36.8. The minimum absolute atomic E-state index is 0.0105. The van der Waals surface area contributed by atoms with E-state index in [4.69, 9.17) is 21.7 Å². The zero-order valence-corrected chi connectivity index (χ0v) is 23.1. The van der Waals surface area contributed by atoms with Crippen molar-refractivity contribution in [3.05, 3.63) is 0 Å². The van der Waals surface area contributed by atoms with Crippen molar-refractivity contribution in [3.8, 4) is 0 Å². The minimum atomic E-state index is -1.28. The molecule has 226 valence electrons. The van der Waals surface area contributed by atoms with Crippen LogP contribution in [0.3, 0.4) is 0 Å². The predicted octanol–water partition coefficient (Wildman–Crippen LogP) is -1.81. The summed E-state index contributed by atoms with van der Waals surface area (Å²) in [6, 6.07) is -2.30. The van der Waals surface area contributed by atoms with E-state index < -0.39 is 60.3 Å². The summed E-state index contributed by atoms with van der Waals surface area (Å²) in [5.41, 5.74) is 10.9. The molecule has 0 aromatic carbocycles. The minimum Gasteiger partial charge on any atom is -0.480 e. The number of carboxylic acid groups (broad SMARTS) is 2. The normalized spacial score (nSPS) is 13.6. The van der Waals surface area contributed by atoms with Crippen LogP contribution in [0.2, 0.25) is 0 Å². The van der Waals surface area contributed by atoms with Gasteiger partial charge in [-0.2, -0.15) is 0 Å². The third-order valence-corrected chi connectivity index (χ3v) is 7.53. The van der Waals surface area contributed by atoms with Crippen LogP contribution in [0.25, 0.3) is 0 Å². The van der Waals surface area contributed by atoms with Gasteiger partial charge in [-0.1, -0.05) is 21.6 Å². The monoisotopic (exact) mass is 610 g/mol. The van der Waals surface area contributed by atoms with Gasteiger partial charge in [-0.3, -0.25) is 44.1 Å². The van der Waals surface area contributed by atoms with Gasteiger partial charge in [0.1, 0.15) is 18.4 Å². The topological polar surface area (TPSA) is 272 Å². The molecule has 4 atom stereocenters. The second-order valence-corrected chi connectivity index (χ2v) is 10.8. The summed E-state index contributed by atoms with van der Waals surface area (Å²) in [4.78, 5) is 91.9. The number of amides is 2. The molecule has 0 aliphatic carbocycles. The van der Waals surface area contributed by atoms with Gasteiger partial charge in [-0.25, -0.2) is 0 Å². The van der Waals surface area contributed by atoms with E-state index in [1.807, 2.05) is 0 Å².